The fourth-order valence-electron chi connectivity index (χ4n) is 5.25. The van der Waals surface area contributed by atoms with Gasteiger partial charge in [0.05, 0.1) is 24.3 Å². The summed E-state index contributed by atoms with van der Waals surface area (Å²) in [6.07, 6.45) is 4.91. The molecule has 0 bridgehead atoms. The van der Waals surface area contributed by atoms with Crippen molar-refractivity contribution < 1.29 is 19.1 Å². The van der Waals surface area contributed by atoms with Crippen molar-refractivity contribution in [2.75, 3.05) is 18.0 Å². The van der Waals surface area contributed by atoms with Crippen molar-refractivity contribution in [1.82, 2.24) is 4.90 Å². The van der Waals surface area contributed by atoms with E-state index in [1.54, 1.807) is 12.3 Å². The molecule has 1 aliphatic carbocycles. The van der Waals surface area contributed by atoms with E-state index in [9.17, 15) is 14.7 Å². The Labute approximate surface area is 170 Å². The lowest BCUT2D eigenvalue weighted by atomic mass is 9.90. The topological polar surface area (TPSA) is 74.0 Å². The Morgan fingerprint density at radius 3 is 2.69 bits per heavy atom. The van der Waals surface area contributed by atoms with Crippen molar-refractivity contribution in [2.24, 2.45) is 11.3 Å². The zero-order valence-electron chi connectivity index (χ0n) is 16.6. The SMILES string of the molecule is CC1Cc2ccccc2N1Cc1occc1C(=O)N1CCC2(CC1)CC2C(=O)O. The van der Waals surface area contributed by atoms with Crippen LogP contribution in [0, 0.1) is 11.3 Å². The van der Waals surface area contributed by atoms with Gasteiger partial charge in [0.15, 0.2) is 0 Å². The predicted octanol–water partition coefficient (Wildman–Crippen LogP) is 3.56. The summed E-state index contributed by atoms with van der Waals surface area (Å²) in [5.74, 6) is -0.215. The average Bonchev–Trinajstić information content (AvgIpc) is 3.07. The zero-order valence-corrected chi connectivity index (χ0v) is 16.6. The smallest absolute Gasteiger partial charge is 0.307 e. The minimum atomic E-state index is -0.693. The number of nitrogens with zero attached hydrogens (tertiary/aromatic N) is 2. The number of para-hydroxylation sites is 1. The molecule has 1 saturated carbocycles. The maximum Gasteiger partial charge on any atom is 0.307 e. The molecule has 29 heavy (non-hydrogen) atoms. The Morgan fingerprint density at radius 2 is 1.97 bits per heavy atom. The third-order valence-corrected chi connectivity index (χ3v) is 7.17. The van der Waals surface area contributed by atoms with Crippen LogP contribution < -0.4 is 4.90 Å². The number of carbonyl (C=O) groups excluding carboxylic acids is 1. The number of fused-ring (bicyclic) bond motifs is 1. The van der Waals surface area contributed by atoms with Gasteiger partial charge in [0.2, 0.25) is 0 Å². The summed E-state index contributed by atoms with van der Waals surface area (Å²) in [4.78, 5) is 28.6. The van der Waals surface area contributed by atoms with E-state index in [1.807, 2.05) is 11.0 Å². The fraction of sp³-hybridized carbons (Fsp3) is 0.478. The third kappa shape index (κ3) is 3.02. The highest BCUT2D eigenvalue weighted by atomic mass is 16.4. The molecular formula is C23H26N2O4. The number of amides is 1. The Kier molecular flexibility index (Phi) is 4.19. The maximum absolute atomic E-state index is 13.2. The number of hydrogen-bond acceptors (Lipinski definition) is 4. The van der Waals surface area contributed by atoms with Crippen molar-refractivity contribution in [3.8, 4) is 0 Å². The van der Waals surface area contributed by atoms with Crippen LogP contribution in [0.4, 0.5) is 5.69 Å². The van der Waals surface area contributed by atoms with Crippen LogP contribution in [0.25, 0.3) is 0 Å². The number of piperidine rings is 1. The van der Waals surface area contributed by atoms with Crippen LogP contribution in [0.3, 0.4) is 0 Å². The first-order valence-electron chi connectivity index (χ1n) is 10.4. The van der Waals surface area contributed by atoms with Gasteiger partial charge in [-0.15, -0.1) is 0 Å². The van der Waals surface area contributed by atoms with Gasteiger partial charge in [0.1, 0.15) is 5.76 Å². The molecule has 2 aliphatic heterocycles. The number of carboxylic acids is 1. The second-order valence-corrected chi connectivity index (χ2v) is 8.82. The molecule has 5 rings (SSSR count). The predicted molar refractivity (Wildman–Crippen MR) is 108 cm³/mol. The molecule has 1 aromatic heterocycles. The number of benzene rings is 1. The van der Waals surface area contributed by atoms with E-state index in [1.165, 1.54) is 11.3 Å². The summed E-state index contributed by atoms with van der Waals surface area (Å²) >= 11 is 0. The van der Waals surface area contributed by atoms with E-state index >= 15 is 0 Å². The number of carboxylic acid groups (broad SMARTS) is 1. The van der Waals surface area contributed by atoms with Crippen molar-refractivity contribution >= 4 is 17.6 Å². The van der Waals surface area contributed by atoms with Gasteiger partial charge in [-0.25, -0.2) is 0 Å². The summed E-state index contributed by atoms with van der Waals surface area (Å²) < 4.78 is 5.74. The molecule has 6 heteroatoms. The molecule has 3 heterocycles. The minimum absolute atomic E-state index is 0.00346. The highest BCUT2D eigenvalue weighted by Crippen LogP contribution is 2.59. The Bertz CT molecular complexity index is 957. The van der Waals surface area contributed by atoms with Gasteiger partial charge in [-0.1, -0.05) is 18.2 Å². The molecule has 0 radical (unpaired) electrons. The number of likely N-dealkylation sites (tertiary alicyclic amines) is 1. The first kappa shape index (κ1) is 18.3. The Hall–Kier alpha value is -2.76. The van der Waals surface area contributed by atoms with Gasteiger partial charge in [-0.3, -0.25) is 9.59 Å². The number of aliphatic carboxylic acids is 1. The molecule has 1 amide bonds. The second kappa shape index (κ2) is 6.65. The van der Waals surface area contributed by atoms with E-state index in [4.69, 9.17) is 4.42 Å². The standard InChI is InChI=1S/C23H26N2O4/c1-15-12-16-4-2-3-5-19(16)25(15)14-20-17(6-11-29-20)21(26)24-9-7-23(8-10-24)13-18(23)22(27)28/h2-6,11,15,18H,7-10,12-14H2,1H3,(H,27,28). The van der Waals surface area contributed by atoms with Crippen LogP contribution in [0.2, 0.25) is 0 Å². The van der Waals surface area contributed by atoms with Gasteiger partial charge in [0.25, 0.3) is 5.91 Å². The number of furan rings is 1. The van der Waals surface area contributed by atoms with Crippen LogP contribution in [0.1, 0.15) is 47.9 Å². The molecule has 152 valence electrons. The molecule has 1 saturated heterocycles. The van der Waals surface area contributed by atoms with Crippen LogP contribution in [-0.4, -0.2) is 41.0 Å². The minimum Gasteiger partial charge on any atom is -0.481 e. The molecular weight excluding hydrogens is 368 g/mol. The first-order chi connectivity index (χ1) is 14.0. The van der Waals surface area contributed by atoms with Crippen molar-refractivity contribution in [1.29, 1.82) is 0 Å². The van der Waals surface area contributed by atoms with Crippen LogP contribution in [0.15, 0.2) is 41.0 Å². The van der Waals surface area contributed by atoms with Crippen LogP contribution in [-0.2, 0) is 17.8 Å². The van der Waals surface area contributed by atoms with Crippen molar-refractivity contribution in [3.05, 3.63) is 53.5 Å². The molecule has 1 aromatic carbocycles. The van der Waals surface area contributed by atoms with Gasteiger partial charge < -0.3 is 19.3 Å². The van der Waals surface area contributed by atoms with E-state index < -0.39 is 5.97 Å². The van der Waals surface area contributed by atoms with E-state index in [0.29, 0.717) is 37.0 Å². The van der Waals surface area contributed by atoms with E-state index in [2.05, 4.69) is 30.0 Å². The third-order valence-electron chi connectivity index (χ3n) is 7.17. The summed E-state index contributed by atoms with van der Waals surface area (Å²) in [6.45, 7) is 4.01. The maximum atomic E-state index is 13.2. The summed E-state index contributed by atoms with van der Waals surface area (Å²) in [7, 11) is 0. The molecule has 1 N–H and O–H groups in total. The summed E-state index contributed by atoms with van der Waals surface area (Å²) in [5, 5.41) is 9.26. The van der Waals surface area contributed by atoms with E-state index in [0.717, 1.165) is 25.7 Å². The first-order valence-corrected chi connectivity index (χ1v) is 10.4. The number of rotatable bonds is 4. The lowest BCUT2D eigenvalue weighted by Gasteiger charge is -2.32. The monoisotopic (exact) mass is 394 g/mol. The highest BCUT2D eigenvalue weighted by molar-refractivity contribution is 5.95. The van der Waals surface area contributed by atoms with Crippen molar-refractivity contribution in [2.45, 2.75) is 45.2 Å². The number of hydrogen-bond donors (Lipinski definition) is 1. The molecule has 2 aromatic rings. The Morgan fingerprint density at radius 1 is 1.21 bits per heavy atom. The number of carbonyl (C=O) groups is 2. The molecule has 2 fully saturated rings. The molecule has 1 spiro atoms. The molecule has 2 atom stereocenters. The zero-order chi connectivity index (χ0) is 20.2. The Balaban J connectivity index is 1.29. The van der Waals surface area contributed by atoms with Gasteiger partial charge in [0, 0.05) is 24.8 Å². The highest BCUT2D eigenvalue weighted by Gasteiger charge is 2.59. The average molecular weight is 394 g/mol. The molecule has 2 unspecified atom stereocenters. The van der Waals surface area contributed by atoms with Gasteiger partial charge in [-0.2, -0.15) is 0 Å². The quantitative estimate of drug-likeness (QED) is 0.858. The molecule has 6 nitrogen and oxygen atoms in total. The van der Waals surface area contributed by atoms with E-state index in [-0.39, 0.29) is 17.2 Å². The number of anilines is 1. The largest absolute Gasteiger partial charge is 0.481 e. The second-order valence-electron chi connectivity index (χ2n) is 8.82. The molecule has 3 aliphatic rings. The summed E-state index contributed by atoms with van der Waals surface area (Å²) in [5.41, 5.74) is 3.10. The lowest BCUT2D eigenvalue weighted by Crippen LogP contribution is -2.40. The summed E-state index contributed by atoms with van der Waals surface area (Å²) in [6, 6.07) is 10.5. The van der Waals surface area contributed by atoms with Crippen molar-refractivity contribution in [3.63, 3.8) is 0 Å². The van der Waals surface area contributed by atoms with Crippen LogP contribution >= 0.6 is 0 Å². The lowest BCUT2D eigenvalue weighted by molar-refractivity contribution is -0.139. The van der Waals surface area contributed by atoms with Gasteiger partial charge in [-0.05, 0) is 55.7 Å². The van der Waals surface area contributed by atoms with Gasteiger partial charge >= 0.3 is 5.97 Å². The normalized spacial score (nSPS) is 24.6. The van der Waals surface area contributed by atoms with Crippen LogP contribution in [0.5, 0.6) is 0 Å². The fourth-order valence-corrected chi connectivity index (χ4v) is 5.25.